The lowest BCUT2D eigenvalue weighted by atomic mass is 10.3. The number of nitrogens with two attached hydrogens (primary N) is 3. The second-order valence-corrected chi connectivity index (χ2v) is 7.80. The smallest absolute Gasteiger partial charge is 0.240 e. The first-order chi connectivity index (χ1) is 9.62. The minimum Gasteiger partial charge on any atom is -0.399 e. The monoisotopic (exact) mass is 327 g/mol. The van der Waals surface area contributed by atoms with Crippen molar-refractivity contribution in [1.82, 2.24) is 0 Å². The van der Waals surface area contributed by atoms with E-state index in [9.17, 15) is 16.8 Å². The van der Waals surface area contributed by atoms with Gasteiger partial charge in [-0.25, -0.2) is 22.0 Å². The third kappa shape index (κ3) is 2.99. The Morgan fingerprint density at radius 1 is 0.810 bits per heavy atom. The number of sulfone groups is 1. The van der Waals surface area contributed by atoms with Crippen LogP contribution in [0.15, 0.2) is 57.2 Å². The van der Waals surface area contributed by atoms with Crippen LogP contribution in [0.1, 0.15) is 0 Å². The van der Waals surface area contributed by atoms with Crippen molar-refractivity contribution in [3.63, 3.8) is 0 Å². The minimum atomic E-state index is -4.01. The molecular formula is C12H13N3O4S2. The molecule has 0 atom stereocenters. The Morgan fingerprint density at radius 3 is 1.95 bits per heavy atom. The van der Waals surface area contributed by atoms with Crippen LogP contribution in [0.3, 0.4) is 0 Å². The van der Waals surface area contributed by atoms with E-state index in [0.29, 0.717) is 5.69 Å². The predicted octanol–water partition coefficient (Wildman–Crippen LogP) is 0.331. The van der Waals surface area contributed by atoms with E-state index in [1.54, 1.807) is 6.07 Å². The Balaban J connectivity index is 2.60. The molecule has 2 aromatic carbocycles. The molecule has 2 aromatic rings. The van der Waals surface area contributed by atoms with E-state index in [2.05, 4.69) is 0 Å². The highest BCUT2D eigenvalue weighted by atomic mass is 32.2. The average molecular weight is 327 g/mol. The van der Waals surface area contributed by atoms with Gasteiger partial charge in [0.25, 0.3) is 0 Å². The van der Waals surface area contributed by atoms with E-state index in [4.69, 9.17) is 16.6 Å². The van der Waals surface area contributed by atoms with Crippen molar-refractivity contribution >= 4 is 31.2 Å². The van der Waals surface area contributed by atoms with Gasteiger partial charge in [-0.3, -0.25) is 0 Å². The van der Waals surface area contributed by atoms with Crippen LogP contribution in [0.5, 0.6) is 0 Å². The molecule has 112 valence electrons. The summed E-state index contributed by atoms with van der Waals surface area (Å²) in [4.78, 5) is -0.475. The molecule has 0 aliphatic heterocycles. The Bertz CT molecular complexity index is 906. The molecule has 6 N–H and O–H groups in total. The quantitative estimate of drug-likeness (QED) is 0.692. The topological polar surface area (TPSA) is 146 Å². The van der Waals surface area contributed by atoms with E-state index >= 15 is 0 Å². The lowest BCUT2D eigenvalue weighted by Crippen LogP contribution is -2.15. The number of anilines is 2. The van der Waals surface area contributed by atoms with E-state index in [1.807, 2.05) is 0 Å². The average Bonchev–Trinajstić information content (AvgIpc) is 2.37. The second-order valence-electron chi connectivity index (χ2n) is 4.32. The fourth-order valence-corrected chi connectivity index (χ4v) is 3.77. The number of hydrogen-bond acceptors (Lipinski definition) is 6. The van der Waals surface area contributed by atoms with Gasteiger partial charge in [0.1, 0.15) is 4.90 Å². The normalized spacial score (nSPS) is 12.2. The van der Waals surface area contributed by atoms with Crippen molar-refractivity contribution in [2.24, 2.45) is 5.14 Å². The maximum atomic E-state index is 12.4. The molecule has 0 spiro atoms. The molecule has 0 aliphatic carbocycles. The zero-order valence-electron chi connectivity index (χ0n) is 10.7. The summed E-state index contributed by atoms with van der Waals surface area (Å²) in [6.07, 6.45) is 0. The zero-order valence-corrected chi connectivity index (χ0v) is 12.4. The van der Waals surface area contributed by atoms with Crippen LogP contribution in [-0.4, -0.2) is 16.8 Å². The third-order valence-corrected chi connectivity index (χ3v) is 5.50. The summed E-state index contributed by atoms with van der Waals surface area (Å²) in [6, 6.07) is 8.99. The lowest BCUT2D eigenvalue weighted by molar-refractivity contribution is 0.593. The maximum Gasteiger partial charge on any atom is 0.240 e. The van der Waals surface area contributed by atoms with Gasteiger partial charge in [0.15, 0.2) is 0 Å². The number of sulfonamides is 1. The molecule has 0 radical (unpaired) electrons. The second kappa shape index (κ2) is 5.02. The molecule has 0 amide bonds. The standard InChI is InChI=1S/C12H13N3O4S2/c13-8-2-1-3-9(6-8)20(16,17)10-4-5-12(11(14)7-10)21(15,18)19/h1-7H,13-14H2,(H2,15,18,19). The van der Waals surface area contributed by atoms with Crippen LogP contribution in [0.25, 0.3) is 0 Å². The molecule has 0 saturated heterocycles. The minimum absolute atomic E-state index is 0.00902. The first-order valence-electron chi connectivity index (χ1n) is 5.65. The highest BCUT2D eigenvalue weighted by Gasteiger charge is 2.21. The predicted molar refractivity (Wildman–Crippen MR) is 78.5 cm³/mol. The van der Waals surface area contributed by atoms with Gasteiger partial charge in [-0.05, 0) is 36.4 Å². The molecule has 0 bridgehead atoms. The Labute approximate surface area is 122 Å². The first kappa shape index (κ1) is 15.3. The summed E-state index contributed by atoms with van der Waals surface area (Å²) in [5, 5.41) is 4.97. The van der Waals surface area contributed by atoms with E-state index in [0.717, 1.165) is 18.2 Å². The highest BCUT2D eigenvalue weighted by Crippen LogP contribution is 2.26. The summed E-state index contributed by atoms with van der Waals surface area (Å²) in [5.41, 5.74) is 11.2. The molecular weight excluding hydrogens is 314 g/mol. The Kier molecular flexibility index (Phi) is 3.66. The van der Waals surface area contributed by atoms with Gasteiger partial charge < -0.3 is 11.5 Å². The van der Waals surface area contributed by atoms with Crippen LogP contribution in [0, 0.1) is 0 Å². The summed E-state index contributed by atoms with van der Waals surface area (Å²) in [5.74, 6) is 0. The number of hydrogen-bond donors (Lipinski definition) is 3. The van der Waals surface area contributed by atoms with Crippen LogP contribution in [0.2, 0.25) is 0 Å². The van der Waals surface area contributed by atoms with Gasteiger partial charge in [0.05, 0.1) is 15.5 Å². The van der Waals surface area contributed by atoms with E-state index in [1.165, 1.54) is 18.2 Å². The summed E-state index contributed by atoms with van der Waals surface area (Å²) < 4.78 is 47.3. The number of primary sulfonamides is 1. The van der Waals surface area contributed by atoms with Crippen molar-refractivity contribution in [2.75, 3.05) is 11.5 Å². The van der Waals surface area contributed by atoms with Gasteiger partial charge in [-0.15, -0.1) is 0 Å². The molecule has 0 unspecified atom stereocenters. The van der Waals surface area contributed by atoms with Crippen LogP contribution in [0.4, 0.5) is 11.4 Å². The lowest BCUT2D eigenvalue weighted by Gasteiger charge is -2.08. The number of benzene rings is 2. The Morgan fingerprint density at radius 2 is 1.43 bits per heavy atom. The fraction of sp³-hybridized carbons (Fsp3) is 0. The van der Waals surface area contributed by atoms with Crippen LogP contribution < -0.4 is 16.6 Å². The molecule has 2 rings (SSSR count). The molecule has 9 heteroatoms. The van der Waals surface area contributed by atoms with Gasteiger partial charge in [-0.2, -0.15) is 0 Å². The third-order valence-electron chi connectivity index (χ3n) is 2.77. The number of nitrogen functional groups attached to an aromatic ring is 2. The summed E-state index contributed by atoms with van der Waals surface area (Å²) in [6.45, 7) is 0. The van der Waals surface area contributed by atoms with Gasteiger partial charge in [0.2, 0.25) is 19.9 Å². The zero-order chi connectivity index (χ0) is 15.8. The van der Waals surface area contributed by atoms with Crippen molar-refractivity contribution < 1.29 is 16.8 Å². The molecule has 21 heavy (non-hydrogen) atoms. The van der Waals surface area contributed by atoms with Crippen molar-refractivity contribution in [3.05, 3.63) is 42.5 Å². The number of rotatable bonds is 3. The highest BCUT2D eigenvalue weighted by molar-refractivity contribution is 7.91. The van der Waals surface area contributed by atoms with Crippen LogP contribution >= 0.6 is 0 Å². The van der Waals surface area contributed by atoms with Crippen molar-refractivity contribution in [3.8, 4) is 0 Å². The van der Waals surface area contributed by atoms with Crippen molar-refractivity contribution in [1.29, 1.82) is 0 Å². The van der Waals surface area contributed by atoms with E-state index < -0.39 is 19.9 Å². The largest absolute Gasteiger partial charge is 0.399 e. The van der Waals surface area contributed by atoms with E-state index in [-0.39, 0.29) is 20.4 Å². The molecule has 0 heterocycles. The molecule has 0 aromatic heterocycles. The summed E-state index contributed by atoms with van der Waals surface area (Å²) in [7, 11) is -7.85. The fourth-order valence-electron chi connectivity index (χ4n) is 1.77. The molecule has 0 saturated carbocycles. The Hall–Kier alpha value is -2.10. The van der Waals surface area contributed by atoms with Gasteiger partial charge >= 0.3 is 0 Å². The molecule has 7 nitrogen and oxygen atoms in total. The first-order valence-corrected chi connectivity index (χ1v) is 8.68. The SMILES string of the molecule is Nc1cccc(S(=O)(=O)c2ccc(S(N)(=O)=O)c(N)c2)c1. The van der Waals surface area contributed by atoms with Gasteiger partial charge in [-0.1, -0.05) is 6.07 Å². The summed E-state index contributed by atoms with van der Waals surface area (Å²) >= 11 is 0. The van der Waals surface area contributed by atoms with Crippen LogP contribution in [-0.2, 0) is 19.9 Å². The van der Waals surface area contributed by atoms with Gasteiger partial charge in [0, 0.05) is 5.69 Å². The molecule has 0 fully saturated rings. The maximum absolute atomic E-state index is 12.4. The molecule has 0 aliphatic rings. The van der Waals surface area contributed by atoms with Crippen molar-refractivity contribution in [2.45, 2.75) is 14.7 Å².